The van der Waals surface area contributed by atoms with E-state index in [9.17, 15) is 0 Å². The third-order valence-corrected chi connectivity index (χ3v) is 14.3. The van der Waals surface area contributed by atoms with Gasteiger partial charge in [0, 0.05) is 54.5 Å². The summed E-state index contributed by atoms with van der Waals surface area (Å²) in [6.45, 7) is 0. The standard InChI is InChI=1S/C64H38N4O/c1-4-18-41(19-5-1)53-38-54(42-20-6-2-7-21-42)66-64(65-53)68-55-34-31-43(44-29-32-50-57(37-44)67(45-22-8-3-9-23-45)56-35-30-39-16-10-12-24-46(39)58(50)56)36-52(55)59-48-26-14-15-27-49(48)63-60(61(59)68)51-33-28-40-17-11-13-25-47(40)62(51)69-63/h1-38H. The minimum absolute atomic E-state index is 0.593. The number of nitrogens with zero attached hydrogens (tertiary/aromatic N) is 4. The van der Waals surface area contributed by atoms with Crippen molar-refractivity contribution in [3.8, 4) is 45.3 Å². The first kappa shape index (κ1) is 37.9. The SMILES string of the molecule is c1ccc(-c2cc(-c3ccccc3)nc(-n3c4ccc(-c5ccc6c7c8ccccc8ccc7n(-c7ccccc7)c6c5)cc4c4c5ccccc5c5oc6c7ccccc7ccc6c5c43)n2)cc1. The first-order valence-electron chi connectivity index (χ1n) is 23.5. The Morgan fingerprint density at radius 1 is 0.304 bits per heavy atom. The molecule has 0 unspecified atom stereocenters. The number of benzene rings is 11. The van der Waals surface area contributed by atoms with Gasteiger partial charge in [0.1, 0.15) is 11.2 Å². The van der Waals surface area contributed by atoms with Crippen molar-refractivity contribution >= 4 is 97.9 Å². The van der Waals surface area contributed by atoms with E-state index in [1.54, 1.807) is 0 Å². The molecule has 0 N–H and O–H groups in total. The second-order valence-electron chi connectivity index (χ2n) is 18.1. The lowest BCUT2D eigenvalue weighted by Crippen LogP contribution is -2.04. The first-order valence-corrected chi connectivity index (χ1v) is 23.5. The van der Waals surface area contributed by atoms with Gasteiger partial charge in [-0.2, -0.15) is 0 Å². The molecule has 69 heavy (non-hydrogen) atoms. The molecule has 0 saturated carbocycles. The lowest BCUT2D eigenvalue weighted by atomic mass is 9.97. The Bertz CT molecular complexity index is 4530. The molecule has 320 valence electrons. The summed E-state index contributed by atoms with van der Waals surface area (Å²) in [6.07, 6.45) is 0. The predicted octanol–water partition coefficient (Wildman–Crippen LogP) is 17.0. The fraction of sp³-hybridized carbons (Fsp3) is 0. The van der Waals surface area contributed by atoms with E-state index >= 15 is 0 Å². The van der Waals surface area contributed by atoms with Crippen LogP contribution >= 0.6 is 0 Å². The summed E-state index contributed by atoms with van der Waals surface area (Å²) < 4.78 is 11.9. The van der Waals surface area contributed by atoms with Gasteiger partial charge in [0.25, 0.3) is 0 Å². The fourth-order valence-corrected chi connectivity index (χ4v) is 11.2. The number of fused-ring (bicyclic) bond motifs is 17. The van der Waals surface area contributed by atoms with E-state index in [0.717, 1.165) is 110 Å². The van der Waals surface area contributed by atoms with Crippen molar-refractivity contribution in [2.24, 2.45) is 0 Å². The van der Waals surface area contributed by atoms with Crippen molar-refractivity contribution in [3.63, 3.8) is 0 Å². The van der Waals surface area contributed by atoms with Gasteiger partial charge in [0.2, 0.25) is 5.95 Å². The van der Waals surface area contributed by atoms with Crippen LogP contribution < -0.4 is 0 Å². The van der Waals surface area contributed by atoms with E-state index in [1.807, 2.05) is 12.1 Å². The number of para-hydroxylation sites is 1. The fourth-order valence-electron chi connectivity index (χ4n) is 11.2. The van der Waals surface area contributed by atoms with E-state index in [2.05, 4.69) is 228 Å². The summed E-state index contributed by atoms with van der Waals surface area (Å²) in [4.78, 5) is 11.0. The molecule has 0 fully saturated rings. The maximum atomic E-state index is 7.14. The van der Waals surface area contributed by atoms with E-state index in [0.29, 0.717) is 5.95 Å². The van der Waals surface area contributed by atoms with Gasteiger partial charge in [0.15, 0.2) is 0 Å². The monoisotopic (exact) mass is 878 g/mol. The second kappa shape index (κ2) is 14.6. The molecule has 11 aromatic carbocycles. The van der Waals surface area contributed by atoms with Crippen LogP contribution in [0.3, 0.4) is 0 Å². The Morgan fingerprint density at radius 3 is 1.61 bits per heavy atom. The minimum atomic E-state index is 0.593. The van der Waals surface area contributed by atoms with Gasteiger partial charge in [-0.25, -0.2) is 9.97 Å². The average Bonchev–Trinajstić information content (AvgIpc) is 4.10. The Balaban J connectivity index is 1.07. The molecule has 0 radical (unpaired) electrons. The molecule has 15 aromatic rings. The van der Waals surface area contributed by atoms with Crippen LogP contribution in [-0.2, 0) is 0 Å². The summed E-state index contributed by atoms with van der Waals surface area (Å²) in [6, 6.07) is 82.5. The highest BCUT2D eigenvalue weighted by Crippen LogP contribution is 2.48. The summed E-state index contributed by atoms with van der Waals surface area (Å²) in [5.41, 5.74) is 13.2. The second-order valence-corrected chi connectivity index (χ2v) is 18.1. The van der Waals surface area contributed by atoms with Crippen LogP contribution in [0.4, 0.5) is 0 Å². The highest BCUT2D eigenvalue weighted by molar-refractivity contribution is 6.36. The lowest BCUT2D eigenvalue weighted by molar-refractivity contribution is 0.676. The molecule has 4 aromatic heterocycles. The average molecular weight is 879 g/mol. The molecule has 0 amide bonds. The van der Waals surface area contributed by atoms with Gasteiger partial charge in [0.05, 0.1) is 38.8 Å². The van der Waals surface area contributed by atoms with Crippen molar-refractivity contribution in [1.29, 1.82) is 0 Å². The largest absolute Gasteiger partial charge is 0.455 e. The summed E-state index contributed by atoms with van der Waals surface area (Å²) >= 11 is 0. The summed E-state index contributed by atoms with van der Waals surface area (Å²) in [7, 11) is 0. The van der Waals surface area contributed by atoms with Gasteiger partial charge in [-0.3, -0.25) is 4.57 Å². The number of hydrogen-bond acceptors (Lipinski definition) is 3. The van der Waals surface area contributed by atoms with E-state index < -0.39 is 0 Å². The zero-order chi connectivity index (χ0) is 45.2. The summed E-state index contributed by atoms with van der Waals surface area (Å²) in [5.74, 6) is 0.593. The smallest absolute Gasteiger partial charge is 0.235 e. The van der Waals surface area contributed by atoms with E-state index in [-0.39, 0.29) is 0 Å². The Hall–Kier alpha value is -9.32. The quantitative estimate of drug-likeness (QED) is 0.173. The van der Waals surface area contributed by atoms with Crippen LogP contribution in [0.25, 0.3) is 143 Å². The topological polar surface area (TPSA) is 48.8 Å². The van der Waals surface area contributed by atoms with Gasteiger partial charge in [-0.15, -0.1) is 0 Å². The third-order valence-electron chi connectivity index (χ3n) is 14.3. The van der Waals surface area contributed by atoms with Gasteiger partial charge >= 0.3 is 0 Å². The van der Waals surface area contributed by atoms with Crippen molar-refractivity contribution in [2.45, 2.75) is 0 Å². The molecule has 15 rings (SSSR count). The molecule has 0 saturated heterocycles. The summed E-state index contributed by atoms with van der Waals surface area (Å²) in [5, 5.41) is 13.7. The molecule has 5 nitrogen and oxygen atoms in total. The van der Waals surface area contributed by atoms with Crippen molar-refractivity contribution in [2.75, 3.05) is 0 Å². The number of aromatic nitrogens is 4. The predicted molar refractivity (Wildman–Crippen MR) is 287 cm³/mol. The van der Waals surface area contributed by atoms with Gasteiger partial charge in [-0.1, -0.05) is 182 Å². The lowest BCUT2D eigenvalue weighted by Gasteiger charge is -2.13. The Kier molecular flexibility index (Phi) is 8.00. The highest BCUT2D eigenvalue weighted by atomic mass is 16.3. The van der Waals surface area contributed by atoms with E-state index in [4.69, 9.17) is 14.4 Å². The normalized spacial score (nSPS) is 12.1. The van der Waals surface area contributed by atoms with Crippen LogP contribution in [0.15, 0.2) is 235 Å². The maximum Gasteiger partial charge on any atom is 0.235 e. The minimum Gasteiger partial charge on any atom is -0.455 e. The van der Waals surface area contributed by atoms with E-state index in [1.165, 1.54) is 27.1 Å². The molecule has 0 atom stereocenters. The van der Waals surface area contributed by atoms with Crippen LogP contribution in [0.1, 0.15) is 0 Å². The molecular weight excluding hydrogens is 841 g/mol. The Morgan fingerprint density at radius 2 is 0.870 bits per heavy atom. The zero-order valence-corrected chi connectivity index (χ0v) is 37.1. The first-order chi connectivity index (χ1) is 34.2. The zero-order valence-electron chi connectivity index (χ0n) is 37.1. The van der Waals surface area contributed by atoms with Crippen molar-refractivity contribution < 1.29 is 4.42 Å². The molecule has 0 aliphatic rings. The van der Waals surface area contributed by atoms with Crippen LogP contribution in [0, 0.1) is 0 Å². The Labute approximate surface area is 395 Å². The third kappa shape index (κ3) is 5.59. The molecule has 0 aliphatic heterocycles. The maximum absolute atomic E-state index is 7.14. The number of furan rings is 1. The van der Waals surface area contributed by atoms with Crippen LogP contribution in [0.5, 0.6) is 0 Å². The van der Waals surface area contributed by atoms with Crippen molar-refractivity contribution in [1.82, 2.24) is 19.1 Å². The van der Waals surface area contributed by atoms with Crippen LogP contribution in [0.2, 0.25) is 0 Å². The molecular formula is C64H38N4O. The van der Waals surface area contributed by atoms with Crippen LogP contribution in [-0.4, -0.2) is 19.1 Å². The molecule has 0 aliphatic carbocycles. The van der Waals surface area contributed by atoms with Crippen molar-refractivity contribution in [3.05, 3.63) is 231 Å². The molecule has 4 heterocycles. The number of rotatable bonds is 5. The van der Waals surface area contributed by atoms with Gasteiger partial charge in [-0.05, 0) is 81.2 Å². The highest BCUT2D eigenvalue weighted by Gasteiger charge is 2.26. The molecule has 0 spiro atoms. The number of hydrogen-bond donors (Lipinski definition) is 0. The molecule has 5 heteroatoms. The molecule has 0 bridgehead atoms. The van der Waals surface area contributed by atoms with Gasteiger partial charge < -0.3 is 8.98 Å².